The molecule has 2 rings (SSSR count). The lowest BCUT2D eigenvalue weighted by molar-refractivity contribution is -0.117. The normalized spacial score (nSPS) is 10.7. The van der Waals surface area contributed by atoms with Gasteiger partial charge in [0.15, 0.2) is 0 Å². The molecule has 0 atom stereocenters. The van der Waals surface area contributed by atoms with Crippen LogP contribution in [-0.2, 0) is 11.3 Å². The van der Waals surface area contributed by atoms with E-state index in [1.54, 1.807) is 18.3 Å². The van der Waals surface area contributed by atoms with Crippen molar-refractivity contribution in [3.63, 3.8) is 0 Å². The van der Waals surface area contributed by atoms with E-state index in [0.29, 0.717) is 24.4 Å². The van der Waals surface area contributed by atoms with E-state index in [9.17, 15) is 9.59 Å². The first-order valence-corrected chi connectivity index (χ1v) is 5.63. The summed E-state index contributed by atoms with van der Waals surface area (Å²) in [7, 11) is 0. The van der Waals surface area contributed by atoms with E-state index < -0.39 is 0 Å². The van der Waals surface area contributed by atoms with Crippen molar-refractivity contribution in [1.82, 2.24) is 14.7 Å². The van der Waals surface area contributed by atoms with Crippen molar-refractivity contribution >= 4 is 11.6 Å². The molecule has 0 spiro atoms. The van der Waals surface area contributed by atoms with E-state index >= 15 is 0 Å². The molecular weight excluding hydrogens is 232 g/mol. The van der Waals surface area contributed by atoms with Crippen LogP contribution in [0.1, 0.15) is 12.1 Å². The summed E-state index contributed by atoms with van der Waals surface area (Å²) in [6, 6.07) is 6.85. The first-order valence-electron chi connectivity index (χ1n) is 5.63. The van der Waals surface area contributed by atoms with Crippen molar-refractivity contribution in [2.45, 2.75) is 13.0 Å². The fourth-order valence-corrected chi connectivity index (χ4v) is 1.62. The van der Waals surface area contributed by atoms with Crippen LogP contribution in [0.25, 0.3) is 5.65 Å². The molecule has 0 fully saturated rings. The molecule has 0 unspecified atom stereocenters. The van der Waals surface area contributed by atoms with E-state index in [-0.39, 0.29) is 17.9 Å². The molecular formula is C12H14N4O2. The van der Waals surface area contributed by atoms with Gasteiger partial charge in [0.2, 0.25) is 5.91 Å². The Labute approximate surface area is 103 Å². The quantitative estimate of drug-likeness (QED) is 0.706. The number of nitrogens with two attached hydrogens (primary N) is 1. The maximum absolute atomic E-state index is 11.8. The van der Waals surface area contributed by atoms with Crippen molar-refractivity contribution < 1.29 is 4.79 Å². The number of aromatic nitrogens is 2. The summed E-state index contributed by atoms with van der Waals surface area (Å²) < 4.78 is 1.48. The van der Waals surface area contributed by atoms with Gasteiger partial charge in [0, 0.05) is 31.8 Å². The highest BCUT2D eigenvalue weighted by Crippen LogP contribution is 1.98. The average molecular weight is 246 g/mol. The highest BCUT2D eigenvalue weighted by atomic mass is 16.1. The lowest BCUT2D eigenvalue weighted by atomic mass is 10.3. The molecule has 0 aromatic carbocycles. The molecule has 0 aliphatic rings. The van der Waals surface area contributed by atoms with Gasteiger partial charge in [-0.3, -0.25) is 14.0 Å². The van der Waals surface area contributed by atoms with Gasteiger partial charge < -0.3 is 11.1 Å². The van der Waals surface area contributed by atoms with Gasteiger partial charge in [-0.2, -0.15) is 0 Å². The lowest BCUT2D eigenvalue weighted by Gasteiger charge is -2.04. The van der Waals surface area contributed by atoms with Crippen molar-refractivity contribution in [2.24, 2.45) is 5.73 Å². The van der Waals surface area contributed by atoms with Crippen LogP contribution in [0.5, 0.6) is 0 Å². The predicted octanol–water partition coefficient (Wildman–Crippen LogP) is -0.340. The second kappa shape index (κ2) is 5.42. The molecule has 0 aliphatic heterocycles. The molecule has 18 heavy (non-hydrogen) atoms. The standard InChI is InChI=1S/C12H14N4O2/c13-10(17)4-5-14-8-9-7-12(18)16-6-2-1-3-11(16)15-9/h1-3,6-7,14H,4-5,8H2,(H2,13,17). The largest absolute Gasteiger partial charge is 0.370 e. The molecule has 94 valence electrons. The number of carbonyl (C=O) groups is 1. The van der Waals surface area contributed by atoms with Crippen LogP contribution in [0.3, 0.4) is 0 Å². The number of hydrogen-bond acceptors (Lipinski definition) is 4. The Kier molecular flexibility index (Phi) is 3.69. The number of fused-ring (bicyclic) bond motifs is 1. The van der Waals surface area contributed by atoms with Gasteiger partial charge in [0.25, 0.3) is 5.56 Å². The zero-order valence-electron chi connectivity index (χ0n) is 9.80. The topological polar surface area (TPSA) is 89.5 Å². The number of hydrogen-bond donors (Lipinski definition) is 2. The van der Waals surface area contributed by atoms with Gasteiger partial charge in [-0.05, 0) is 12.1 Å². The van der Waals surface area contributed by atoms with Crippen LogP contribution < -0.4 is 16.6 Å². The monoisotopic (exact) mass is 246 g/mol. The zero-order chi connectivity index (χ0) is 13.0. The molecule has 1 amide bonds. The molecule has 0 saturated carbocycles. The molecule has 0 saturated heterocycles. The first-order chi connectivity index (χ1) is 8.66. The summed E-state index contributed by atoms with van der Waals surface area (Å²) in [4.78, 5) is 26.7. The third kappa shape index (κ3) is 2.92. The van der Waals surface area contributed by atoms with E-state index in [2.05, 4.69) is 10.3 Å². The summed E-state index contributed by atoms with van der Waals surface area (Å²) >= 11 is 0. The Morgan fingerprint density at radius 2 is 2.28 bits per heavy atom. The minimum absolute atomic E-state index is 0.118. The number of carbonyl (C=O) groups excluding carboxylic acids is 1. The number of nitrogens with one attached hydrogen (secondary N) is 1. The molecule has 3 N–H and O–H groups in total. The SMILES string of the molecule is NC(=O)CCNCc1cc(=O)n2ccccc2n1. The maximum atomic E-state index is 11.8. The van der Waals surface area contributed by atoms with Gasteiger partial charge in [-0.15, -0.1) is 0 Å². The molecule has 0 radical (unpaired) electrons. The van der Waals surface area contributed by atoms with E-state index in [0.717, 1.165) is 0 Å². The predicted molar refractivity (Wildman–Crippen MR) is 67.0 cm³/mol. The average Bonchev–Trinajstić information content (AvgIpc) is 2.35. The summed E-state index contributed by atoms with van der Waals surface area (Å²) in [5, 5.41) is 3.01. The molecule has 2 aromatic rings. The summed E-state index contributed by atoms with van der Waals surface area (Å²) in [5.41, 5.74) is 6.16. The van der Waals surface area contributed by atoms with E-state index in [1.807, 2.05) is 6.07 Å². The van der Waals surface area contributed by atoms with Crippen LogP contribution in [-0.4, -0.2) is 21.8 Å². The third-order valence-electron chi connectivity index (χ3n) is 2.48. The Bertz CT molecular complexity index is 621. The molecule has 2 heterocycles. The fraction of sp³-hybridized carbons (Fsp3) is 0.250. The van der Waals surface area contributed by atoms with Crippen LogP contribution >= 0.6 is 0 Å². The van der Waals surface area contributed by atoms with Crippen LogP contribution in [0.4, 0.5) is 0 Å². The van der Waals surface area contributed by atoms with E-state index in [4.69, 9.17) is 5.73 Å². The fourth-order valence-electron chi connectivity index (χ4n) is 1.62. The van der Waals surface area contributed by atoms with Crippen molar-refractivity contribution in [3.05, 3.63) is 46.5 Å². The number of amides is 1. The Hall–Kier alpha value is -2.21. The molecule has 0 bridgehead atoms. The Morgan fingerprint density at radius 1 is 1.44 bits per heavy atom. The number of rotatable bonds is 5. The minimum Gasteiger partial charge on any atom is -0.370 e. The number of primary amides is 1. The smallest absolute Gasteiger partial charge is 0.258 e. The van der Waals surface area contributed by atoms with Gasteiger partial charge in [0.05, 0.1) is 5.69 Å². The zero-order valence-corrected chi connectivity index (χ0v) is 9.80. The molecule has 2 aromatic heterocycles. The molecule has 6 nitrogen and oxygen atoms in total. The second-order valence-electron chi connectivity index (χ2n) is 3.91. The van der Waals surface area contributed by atoms with E-state index in [1.165, 1.54) is 10.5 Å². The van der Waals surface area contributed by atoms with Crippen molar-refractivity contribution in [3.8, 4) is 0 Å². The Balaban J connectivity index is 2.10. The van der Waals surface area contributed by atoms with Gasteiger partial charge in [-0.1, -0.05) is 6.07 Å². The second-order valence-corrected chi connectivity index (χ2v) is 3.91. The third-order valence-corrected chi connectivity index (χ3v) is 2.48. The minimum atomic E-state index is -0.353. The molecule has 0 aliphatic carbocycles. The summed E-state index contributed by atoms with van der Waals surface area (Å²) in [6.45, 7) is 0.916. The van der Waals surface area contributed by atoms with Crippen molar-refractivity contribution in [1.29, 1.82) is 0 Å². The lowest BCUT2D eigenvalue weighted by Crippen LogP contribution is -2.23. The maximum Gasteiger partial charge on any atom is 0.258 e. The van der Waals surface area contributed by atoms with Gasteiger partial charge in [0.1, 0.15) is 5.65 Å². The van der Waals surface area contributed by atoms with Crippen LogP contribution in [0.2, 0.25) is 0 Å². The Morgan fingerprint density at radius 3 is 3.06 bits per heavy atom. The summed E-state index contributed by atoms with van der Waals surface area (Å²) in [6.07, 6.45) is 1.95. The van der Waals surface area contributed by atoms with Crippen LogP contribution in [0.15, 0.2) is 35.3 Å². The highest BCUT2D eigenvalue weighted by Gasteiger charge is 2.01. The number of nitrogens with zero attached hydrogens (tertiary/aromatic N) is 2. The van der Waals surface area contributed by atoms with Crippen molar-refractivity contribution in [2.75, 3.05) is 6.54 Å². The first kappa shape index (κ1) is 12.3. The summed E-state index contributed by atoms with van der Waals surface area (Å²) in [5.74, 6) is -0.353. The van der Waals surface area contributed by atoms with Gasteiger partial charge in [-0.25, -0.2) is 4.98 Å². The van der Waals surface area contributed by atoms with Crippen LogP contribution in [0, 0.1) is 0 Å². The highest BCUT2D eigenvalue weighted by molar-refractivity contribution is 5.73. The molecule has 6 heteroatoms. The van der Waals surface area contributed by atoms with Gasteiger partial charge >= 0.3 is 0 Å². The number of pyridine rings is 1.